The van der Waals surface area contributed by atoms with Crippen molar-refractivity contribution >= 4 is 23.0 Å². The van der Waals surface area contributed by atoms with E-state index in [1.807, 2.05) is 20.8 Å². The SMILES string of the molecule is CC(Nc1ccc(N)c(N)c1)C(=O)NC(C)(C)C. The maximum absolute atomic E-state index is 11.9. The molecule has 1 amide bonds. The average molecular weight is 250 g/mol. The molecule has 0 fully saturated rings. The molecule has 0 aromatic heterocycles. The van der Waals surface area contributed by atoms with Crippen LogP contribution in [0.25, 0.3) is 0 Å². The number of hydrogen-bond donors (Lipinski definition) is 4. The van der Waals surface area contributed by atoms with Gasteiger partial charge >= 0.3 is 0 Å². The van der Waals surface area contributed by atoms with Gasteiger partial charge in [-0.25, -0.2) is 0 Å². The molecule has 1 aromatic rings. The molecule has 0 spiro atoms. The van der Waals surface area contributed by atoms with E-state index in [1.165, 1.54) is 0 Å². The van der Waals surface area contributed by atoms with Gasteiger partial charge in [0.25, 0.3) is 0 Å². The Morgan fingerprint density at radius 3 is 2.33 bits per heavy atom. The van der Waals surface area contributed by atoms with Crippen molar-refractivity contribution in [1.82, 2.24) is 5.32 Å². The summed E-state index contributed by atoms with van der Waals surface area (Å²) in [4.78, 5) is 11.9. The third kappa shape index (κ3) is 4.16. The summed E-state index contributed by atoms with van der Waals surface area (Å²) in [6.45, 7) is 7.63. The van der Waals surface area contributed by atoms with E-state index >= 15 is 0 Å². The number of benzene rings is 1. The molecule has 1 unspecified atom stereocenters. The summed E-state index contributed by atoms with van der Waals surface area (Å²) in [6.07, 6.45) is 0. The molecule has 0 aliphatic heterocycles. The van der Waals surface area contributed by atoms with Gasteiger partial charge in [0.1, 0.15) is 6.04 Å². The monoisotopic (exact) mass is 250 g/mol. The van der Waals surface area contributed by atoms with E-state index < -0.39 is 0 Å². The predicted molar refractivity (Wildman–Crippen MR) is 76.2 cm³/mol. The van der Waals surface area contributed by atoms with Gasteiger partial charge in [-0.15, -0.1) is 0 Å². The van der Waals surface area contributed by atoms with Gasteiger partial charge in [-0.3, -0.25) is 4.79 Å². The Morgan fingerprint density at radius 1 is 1.22 bits per heavy atom. The van der Waals surface area contributed by atoms with Crippen LogP contribution in [0.4, 0.5) is 17.1 Å². The lowest BCUT2D eigenvalue weighted by atomic mass is 10.1. The molecule has 100 valence electrons. The Balaban J connectivity index is 2.66. The van der Waals surface area contributed by atoms with Gasteiger partial charge in [0.15, 0.2) is 0 Å². The zero-order chi connectivity index (χ0) is 13.9. The zero-order valence-corrected chi connectivity index (χ0v) is 11.4. The number of carbonyl (C=O) groups excluding carboxylic acids is 1. The van der Waals surface area contributed by atoms with Gasteiger partial charge in [0.05, 0.1) is 11.4 Å². The molecule has 18 heavy (non-hydrogen) atoms. The maximum Gasteiger partial charge on any atom is 0.242 e. The first-order valence-corrected chi connectivity index (χ1v) is 5.92. The lowest BCUT2D eigenvalue weighted by molar-refractivity contribution is -0.122. The van der Waals surface area contributed by atoms with Crippen LogP contribution < -0.4 is 22.1 Å². The van der Waals surface area contributed by atoms with E-state index in [4.69, 9.17) is 11.5 Å². The molecule has 1 rings (SSSR count). The lowest BCUT2D eigenvalue weighted by Crippen LogP contribution is -2.47. The average Bonchev–Trinajstić information content (AvgIpc) is 2.21. The number of anilines is 3. The number of carbonyl (C=O) groups is 1. The van der Waals surface area contributed by atoms with E-state index in [1.54, 1.807) is 25.1 Å². The minimum atomic E-state index is -0.341. The van der Waals surface area contributed by atoms with Crippen LogP contribution in [0.5, 0.6) is 0 Å². The van der Waals surface area contributed by atoms with Gasteiger partial charge in [-0.1, -0.05) is 0 Å². The van der Waals surface area contributed by atoms with E-state index in [0.717, 1.165) is 5.69 Å². The highest BCUT2D eigenvalue weighted by atomic mass is 16.2. The van der Waals surface area contributed by atoms with E-state index in [2.05, 4.69) is 10.6 Å². The van der Waals surface area contributed by atoms with Gasteiger partial charge in [-0.05, 0) is 45.9 Å². The molecule has 1 aromatic carbocycles. The molecule has 0 saturated carbocycles. The highest BCUT2D eigenvalue weighted by molar-refractivity contribution is 5.85. The molecule has 0 saturated heterocycles. The molecule has 0 aliphatic rings. The van der Waals surface area contributed by atoms with Crippen LogP contribution in [0, 0.1) is 0 Å². The molecule has 1 atom stereocenters. The summed E-state index contributed by atoms with van der Waals surface area (Å²) in [5, 5.41) is 5.99. The summed E-state index contributed by atoms with van der Waals surface area (Å²) in [7, 11) is 0. The van der Waals surface area contributed by atoms with Crippen molar-refractivity contribution < 1.29 is 4.79 Å². The van der Waals surface area contributed by atoms with Crippen LogP contribution in [-0.4, -0.2) is 17.5 Å². The molecule has 0 radical (unpaired) electrons. The number of rotatable bonds is 3. The Bertz CT molecular complexity index is 437. The van der Waals surface area contributed by atoms with Crippen molar-refractivity contribution in [3.8, 4) is 0 Å². The van der Waals surface area contributed by atoms with Gasteiger partial charge in [-0.2, -0.15) is 0 Å². The third-order valence-corrected chi connectivity index (χ3v) is 2.36. The Hall–Kier alpha value is -1.91. The second-order valence-corrected chi connectivity index (χ2v) is 5.45. The first kappa shape index (κ1) is 14.2. The number of hydrogen-bond acceptors (Lipinski definition) is 4. The van der Waals surface area contributed by atoms with Gasteiger partial charge < -0.3 is 22.1 Å². The number of nitrogens with two attached hydrogens (primary N) is 2. The molecule has 0 heterocycles. The standard InChI is InChI=1S/C13H22N4O/c1-8(12(18)17-13(2,3)4)16-9-5-6-10(14)11(15)7-9/h5-8,16H,14-15H2,1-4H3,(H,17,18). The van der Waals surface area contributed by atoms with Crippen LogP contribution in [0.2, 0.25) is 0 Å². The van der Waals surface area contributed by atoms with Crippen molar-refractivity contribution in [3.63, 3.8) is 0 Å². The van der Waals surface area contributed by atoms with Gasteiger partial charge in [0, 0.05) is 11.2 Å². The third-order valence-electron chi connectivity index (χ3n) is 2.36. The summed E-state index contributed by atoms with van der Waals surface area (Å²) in [6, 6.07) is 4.89. The summed E-state index contributed by atoms with van der Waals surface area (Å²) in [5.41, 5.74) is 12.9. The summed E-state index contributed by atoms with van der Waals surface area (Å²) in [5.74, 6) is -0.0575. The topological polar surface area (TPSA) is 93.2 Å². The quantitative estimate of drug-likeness (QED) is 0.613. The molecule has 0 bridgehead atoms. The van der Waals surface area contributed by atoms with Crippen LogP contribution in [0.15, 0.2) is 18.2 Å². The first-order chi connectivity index (χ1) is 8.19. The van der Waals surface area contributed by atoms with Crippen molar-refractivity contribution in [2.75, 3.05) is 16.8 Å². The van der Waals surface area contributed by atoms with Crippen molar-refractivity contribution in [1.29, 1.82) is 0 Å². The molecule has 6 N–H and O–H groups in total. The Morgan fingerprint density at radius 2 is 1.83 bits per heavy atom. The number of amides is 1. The largest absolute Gasteiger partial charge is 0.397 e. The van der Waals surface area contributed by atoms with Crippen LogP contribution in [0.1, 0.15) is 27.7 Å². The molecular weight excluding hydrogens is 228 g/mol. The predicted octanol–water partition coefficient (Wildman–Crippen LogP) is 1.57. The summed E-state index contributed by atoms with van der Waals surface area (Å²) < 4.78 is 0. The number of nitrogens with one attached hydrogen (secondary N) is 2. The number of nitrogen functional groups attached to an aromatic ring is 2. The minimum Gasteiger partial charge on any atom is -0.397 e. The molecular formula is C13H22N4O. The van der Waals surface area contributed by atoms with Crippen LogP contribution in [0.3, 0.4) is 0 Å². The van der Waals surface area contributed by atoms with E-state index in [-0.39, 0.29) is 17.5 Å². The second kappa shape index (κ2) is 5.16. The maximum atomic E-state index is 11.9. The zero-order valence-electron chi connectivity index (χ0n) is 11.4. The van der Waals surface area contributed by atoms with Gasteiger partial charge in [0.2, 0.25) is 5.91 Å². The van der Waals surface area contributed by atoms with E-state index in [0.29, 0.717) is 11.4 Å². The fraction of sp³-hybridized carbons (Fsp3) is 0.462. The Labute approximate surface area is 108 Å². The van der Waals surface area contributed by atoms with Crippen molar-refractivity contribution in [2.45, 2.75) is 39.3 Å². The normalized spacial score (nSPS) is 12.9. The molecule has 5 nitrogen and oxygen atoms in total. The van der Waals surface area contributed by atoms with E-state index in [9.17, 15) is 4.79 Å². The smallest absolute Gasteiger partial charge is 0.242 e. The highest BCUT2D eigenvalue weighted by Gasteiger charge is 2.19. The Kier molecular flexibility index (Phi) is 4.06. The molecule has 5 heteroatoms. The fourth-order valence-corrected chi connectivity index (χ4v) is 1.46. The minimum absolute atomic E-state index is 0.0575. The lowest BCUT2D eigenvalue weighted by Gasteiger charge is -2.24. The first-order valence-electron chi connectivity index (χ1n) is 5.92. The fourth-order valence-electron chi connectivity index (χ4n) is 1.46. The molecule has 0 aliphatic carbocycles. The highest BCUT2D eigenvalue weighted by Crippen LogP contribution is 2.20. The summed E-state index contributed by atoms with van der Waals surface area (Å²) >= 11 is 0. The van der Waals surface area contributed by atoms with Crippen LogP contribution >= 0.6 is 0 Å². The second-order valence-electron chi connectivity index (χ2n) is 5.45. The van der Waals surface area contributed by atoms with Crippen molar-refractivity contribution in [2.24, 2.45) is 0 Å². The van der Waals surface area contributed by atoms with Crippen LogP contribution in [-0.2, 0) is 4.79 Å². The van der Waals surface area contributed by atoms with Crippen molar-refractivity contribution in [3.05, 3.63) is 18.2 Å².